The zero-order valence-electron chi connectivity index (χ0n) is 9.31. The van der Waals surface area contributed by atoms with Crippen molar-refractivity contribution in [2.45, 2.75) is 37.7 Å². The molecular formula is C13H16O3. The van der Waals surface area contributed by atoms with E-state index in [-0.39, 0.29) is 0 Å². The summed E-state index contributed by atoms with van der Waals surface area (Å²) >= 11 is 0. The number of hydrogen-bond donors (Lipinski definition) is 2. The van der Waals surface area contributed by atoms with Crippen LogP contribution in [0.1, 0.15) is 36.8 Å². The van der Waals surface area contributed by atoms with Crippen molar-refractivity contribution in [1.29, 1.82) is 0 Å². The number of hydrogen-bond acceptors (Lipinski definition) is 2. The highest BCUT2D eigenvalue weighted by Gasteiger charge is 2.39. The van der Waals surface area contributed by atoms with Gasteiger partial charge in [-0.3, -0.25) is 4.79 Å². The molecule has 1 aliphatic rings. The van der Waals surface area contributed by atoms with E-state index in [2.05, 4.69) is 0 Å². The van der Waals surface area contributed by atoms with Crippen LogP contribution >= 0.6 is 0 Å². The van der Waals surface area contributed by atoms with E-state index in [1.165, 1.54) is 0 Å². The van der Waals surface area contributed by atoms with E-state index in [4.69, 9.17) is 5.11 Å². The molecule has 1 aliphatic carbocycles. The van der Waals surface area contributed by atoms with Gasteiger partial charge in [-0.25, -0.2) is 0 Å². The van der Waals surface area contributed by atoms with Crippen LogP contribution in [0.2, 0.25) is 0 Å². The van der Waals surface area contributed by atoms with E-state index >= 15 is 0 Å². The fraction of sp³-hybridized carbons (Fsp3) is 0.462. The van der Waals surface area contributed by atoms with Crippen molar-refractivity contribution < 1.29 is 15.0 Å². The van der Waals surface area contributed by atoms with Gasteiger partial charge in [0.1, 0.15) is 0 Å². The normalized spacial score (nSPS) is 19.1. The molecule has 0 bridgehead atoms. The van der Waals surface area contributed by atoms with Crippen LogP contribution in [0.5, 0.6) is 0 Å². The molecule has 3 nitrogen and oxygen atoms in total. The standard InChI is InChI=1S/C13H16O3/c1-9(12(14)15)11-4-2-10(3-5-11)8-13(16)6-7-13/h2-5,9,16H,6-8H2,1H3,(H,14,15). The summed E-state index contributed by atoms with van der Waals surface area (Å²) < 4.78 is 0. The van der Waals surface area contributed by atoms with E-state index in [9.17, 15) is 9.90 Å². The molecule has 16 heavy (non-hydrogen) atoms. The van der Waals surface area contributed by atoms with Crippen LogP contribution in [0.4, 0.5) is 0 Å². The number of aliphatic hydroxyl groups is 1. The molecule has 1 aromatic rings. The second-order valence-corrected chi connectivity index (χ2v) is 4.70. The van der Waals surface area contributed by atoms with Gasteiger partial charge < -0.3 is 10.2 Å². The molecule has 0 amide bonds. The Balaban J connectivity index is 2.07. The lowest BCUT2D eigenvalue weighted by Gasteiger charge is -2.10. The first kappa shape index (κ1) is 11.1. The highest BCUT2D eigenvalue weighted by atomic mass is 16.4. The third kappa shape index (κ3) is 2.42. The Bertz CT molecular complexity index is 390. The topological polar surface area (TPSA) is 57.5 Å². The van der Waals surface area contributed by atoms with Crippen LogP contribution in [0.25, 0.3) is 0 Å². The monoisotopic (exact) mass is 220 g/mol. The van der Waals surface area contributed by atoms with Gasteiger partial charge in [-0.15, -0.1) is 0 Å². The van der Waals surface area contributed by atoms with Crippen molar-refractivity contribution in [3.63, 3.8) is 0 Å². The van der Waals surface area contributed by atoms with E-state index in [1.54, 1.807) is 6.92 Å². The molecule has 1 fully saturated rings. The average Bonchev–Trinajstić information content (AvgIpc) is 2.96. The van der Waals surface area contributed by atoms with E-state index in [0.717, 1.165) is 24.0 Å². The minimum Gasteiger partial charge on any atom is -0.481 e. The quantitative estimate of drug-likeness (QED) is 0.815. The molecule has 2 rings (SSSR count). The number of carbonyl (C=O) groups is 1. The van der Waals surface area contributed by atoms with Gasteiger partial charge >= 0.3 is 5.97 Å². The van der Waals surface area contributed by atoms with Crippen LogP contribution < -0.4 is 0 Å². The van der Waals surface area contributed by atoms with Crippen LogP contribution in [-0.4, -0.2) is 21.8 Å². The van der Waals surface area contributed by atoms with Gasteiger partial charge in [0.2, 0.25) is 0 Å². The molecule has 1 saturated carbocycles. The van der Waals surface area contributed by atoms with Crippen molar-refractivity contribution in [2.75, 3.05) is 0 Å². The molecule has 3 heteroatoms. The summed E-state index contributed by atoms with van der Waals surface area (Å²) in [5.41, 5.74) is 1.39. The second kappa shape index (κ2) is 3.91. The Morgan fingerprint density at radius 2 is 1.94 bits per heavy atom. The second-order valence-electron chi connectivity index (χ2n) is 4.70. The minimum absolute atomic E-state index is 0.474. The summed E-state index contributed by atoms with van der Waals surface area (Å²) in [5, 5.41) is 18.6. The molecule has 2 N–H and O–H groups in total. The van der Waals surface area contributed by atoms with Gasteiger partial charge in [0.05, 0.1) is 11.5 Å². The zero-order chi connectivity index (χ0) is 11.8. The molecule has 1 atom stereocenters. The van der Waals surface area contributed by atoms with Gasteiger partial charge in [-0.1, -0.05) is 24.3 Å². The lowest BCUT2D eigenvalue weighted by atomic mass is 9.98. The first-order chi connectivity index (χ1) is 7.50. The fourth-order valence-electron chi connectivity index (χ4n) is 1.77. The van der Waals surface area contributed by atoms with Crippen molar-refractivity contribution in [1.82, 2.24) is 0 Å². The zero-order valence-corrected chi connectivity index (χ0v) is 9.31. The van der Waals surface area contributed by atoms with Crippen molar-refractivity contribution in [3.8, 4) is 0 Å². The molecule has 0 aliphatic heterocycles. The van der Waals surface area contributed by atoms with Crippen molar-refractivity contribution in [2.24, 2.45) is 0 Å². The molecule has 1 aromatic carbocycles. The summed E-state index contributed by atoms with van der Waals surface area (Å²) in [6.45, 7) is 1.67. The smallest absolute Gasteiger partial charge is 0.310 e. The van der Waals surface area contributed by atoms with Gasteiger partial charge in [0.25, 0.3) is 0 Å². The molecule has 86 valence electrons. The molecular weight excluding hydrogens is 204 g/mol. The Labute approximate surface area is 94.7 Å². The van der Waals surface area contributed by atoms with E-state index < -0.39 is 17.5 Å². The molecule has 0 radical (unpaired) electrons. The number of rotatable bonds is 4. The predicted molar refractivity (Wildman–Crippen MR) is 60.4 cm³/mol. The molecule has 0 heterocycles. The highest BCUT2D eigenvalue weighted by molar-refractivity contribution is 5.75. The van der Waals surface area contributed by atoms with Crippen molar-refractivity contribution >= 4 is 5.97 Å². The summed E-state index contributed by atoms with van der Waals surface area (Å²) in [4.78, 5) is 10.8. The van der Waals surface area contributed by atoms with Crippen LogP contribution in [-0.2, 0) is 11.2 Å². The maximum absolute atomic E-state index is 10.8. The maximum Gasteiger partial charge on any atom is 0.310 e. The third-order valence-corrected chi connectivity index (χ3v) is 3.21. The molecule has 0 saturated heterocycles. The number of carboxylic acid groups (broad SMARTS) is 1. The van der Waals surface area contributed by atoms with Crippen LogP contribution in [0, 0.1) is 0 Å². The lowest BCUT2D eigenvalue weighted by Crippen LogP contribution is -2.11. The minimum atomic E-state index is -0.812. The molecule has 1 unspecified atom stereocenters. The van der Waals surface area contributed by atoms with Crippen LogP contribution in [0.15, 0.2) is 24.3 Å². The average molecular weight is 220 g/mol. The number of carboxylic acids is 1. The van der Waals surface area contributed by atoms with E-state index in [0.29, 0.717) is 6.42 Å². The molecule has 0 aromatic heterocycles. The van der Waals surface area contributed by atoms with E-state index in [1.807, 2.05) is 24.3 Å². The maximum atomic E-state index is 10.8. The summed E-state index contributed by atoms with van der Waals surface area (Å²) in [6.07, 6.45) is 2.43. The largest absolute Gasteiger partial charge is 0.481 e. The first-order valence-corrected chi connectivity index (χ1v) is 5.54. The Morgan fingerprint density at radius 1 is 1.38 bits per heavy atom. The summed E-state index contributed by atoms with van der Waals surface area (Å²) in [5.74, 6) is -1.29. The first-order valence-electron chi connectivity index (χ1n) is 5.54. The summed E-state index contributed by atoms with van der Waals surface area (Å²) in [6, 6.07) is 7.48. The summed E-state index contributed by atoms with van der Waals surface area (Å²) in [7, 11) is 0. The fourth-order valence-corrected chi connectivity index (χ4v) is 1.77. The van der Waals surface area contributed by atoms with Crippen molar-refractivity contribution in [3.05, 3.63) is 35.4 Å². The third-order valence-electron chi connectivity index (χ3n) is 3.21. The van der Waals surface area contributed by atoms with Gasteiger partial charge in [-0.2, -0.15) is 0 Å². The van der Waals surface area contributed by atoms with Gasteiger partial charge in [0.15, 0.2) is 0 Å². The van der Waals surface area contributed by atoms with Gasteiger partial charge in [-0.05, 0) is 30.9 Å². The SMILES string of the molecule is CC(C(=O)O)c1ccc(CC2(O)CC2)cc1. The number of benzene rings is 1. The highest BCUT2D eigenvalue weighted by Crippen LogP contribution is 2.38. The Kier molecular flexibility index (Phi) is 2.72. The predicted octanol–water partition coefficient (Wildman–Crippen LogP) is 1.94. The molecule has 0 spiro atoms. The lowest BCUT2D eigenvalue weighted by molar-refractivity contribution is -0.138. The Morgan fingerprint density at radius 3 is 2.38 bits per heavy atom. The van der Waals surface area contributed by atoms with Gasteiger partial charge in [0, 0.05) is 6.42 Å². The Hall–Kier alpha value is -1.35. The van der Waals surface area contributed by atoms with Crippen LogP contribution in [0.3, 0.4) is 0 Å². The number of aliphatic carboxylic acids is 1.